The van der Waals surface area contributed by atoms with Crippen molar-refractivity contribution in [1.29, 1.82) is 0 Å². The van der Waals surface area contributed by atoms with Crippen molar-refractivity contribution in [2.75, 3.05) is 33.4 Å². The van der Waals surface area contributed by atoms with Crippen LogP contribution in [0.15, 0.2) is 47.4 Å². The molecule has 2 aromatic rings. The molecule has 10 heteroatoms. The van der Waals surface area contributed by atoms with E-state index in [0.717, 1.165) is 0 Å². The third-order valence-corrected chi connectivity index (χ3v) is 6.16. The zero-order valence-electron chi connectivity index (χ0n) is 15.2. The van der Waals surface area contributed by atoms with Gasteiger partial charge in [-0.15, -0.1) is 0 Å². The van der Waals surface area contributed by atoms with Crippen LogP contribution >= 0.6 is 0 Å². The summed E-state index contributed by atoms with van der Waals surface area (Å²) in [6, 6.07) is 10.6. The predicted octanol–water partition coefficient (Wildman–Crippen LogP) is 2.20. The van der Waals surface area contributed by atoms with E-state index in [1.54, 1.807) is 18.2 Å². The van der Waals surface area contributed by atoms with Crippen LogP contribution in [0.5, 0.6) is 11.5 Å². The molecule has 150 valence electrons. The molecule has 1 saturated heterocycles. The van der Waals surface area contributed by atoms with E-state index in [1.165, 1.54) is 35.7 Å². The highest BCUT2D eigenvalue weighted by molar-refractivity contribution is 7.89. The maximum atomic E-state index is 12.8. The average molecular weight is 408 g/mol. The van der Waals surface area contributed by atoms with Gasteiger partial charge in [0.25, 0.3) is 0 Å². The van der Waals surface area contributed by atoms with Crippen molar-refractivity contribution in [2.24, 2.45) is 0 Å². The Bertz CT molecular complexity index is 956. The van der Waals surface area contributed by atoms with Crippen LogP contribution in [-0.4, -0.2) is 51.1 Å². The van der Waals surface area contributed by atoms with Gasteiger partial charge in [0, 0.05) is 13.1 Å². The summed E-state index contributed by atoms with van der Waals surface area (Å²) in [4.78, 5) is 10.8. The molecule has 0 aromatic heterocycles. The summed E-state index contributed by atoms with van der Waals surface area (Å²) in [6.07, 6.45) is 0. The first kappa shape index (κ1) is 20.1. The van der Waals surface area contributed by atoms with E-state index in [0.29, 0.717) is 37.6 Å². The molecule has 1 aliphatic rings. The van der Waals surface area contributed by atoms with Gasteiger partial charge in [-0.05, 0) is 29.8 Å². The number of nitro groups is 1. The minimum absolute atomic E-state index is 0.0142. The van der Waals surface area contributed by atoms with E-state index in [1.807, 2.05) is 0 Å². The van der Waals surface area contributed by atoms with E-state index in [4.69, 9.17) is 14.2 Å². The molecule has 0 saturated carbocycles. The molecule has 0 spiro atoms. The summed E-state index contributed by atoms with van der Waals surface area (Å²) in [6.45, 7) is 1.33. The van der Waals surface area contributed by atoms with E-state index < -0.39 is 14.9 Å². The number of nitrogens with zero attached hydrogens (tertiary/aromatic N) is 2. The molecule has 0 amide bonds. The Balaban J connectivity index is 1.78. The lowest BCUT2D eigenvalue weighted by Crippen LogP contribution is -2.40. The second-order valence-electron chi connectivity index (χ2n) is 6.04. The van der Waals surface area contributed by atoms with Gasteiger partial charge >= 0.3 is 5.69 Å². The first-order chi connectivity index (χ1) is 13.4. The third-order valence-electron chi connectivity index (χ3n) is 4.26. The number of nitro benzene ring substituents is 1. The minimum atomic E-state index is -3.63. The lowest BCUT2D eigenvalue weighted by atomic mass is 10.2. The summed E-state index contributed by atoms with van der Waals surface area (Å²) >= 11 is 0. The van der Waals surface area contributed by atoms with Gasteiger partial charge in [0.15, 0.2) is 5.75 Å². The summed E-state index contributed by atoms with van der Waals surface area (Å²) in [7, 11) is -2.21. The van der Waals surface area contributed by atoms with Crippen LogP contribution in [0.4, 0.5) is 5.69 Å². The normalized spacial score (nSPS) is 15.2. The molecule has 1 fully saturated rings. The average Bonchev–Trinajstić information content (AvgIpc) is 2.73. The summed E-state index contributed by atoms with van der Waals surface area (Å²) in [5.41, 5.74) is 0.357. The van der Waals surface area contributed by atoms with Crippen LogP contribution in [0.3, 0.4) is 0 Å². The lowest BCUT2D eigenvalue weighted by Gasteiger charge is -2.26. The van der Waals surface area contributed by atoms with E-state index in [9.17, 15) is 18.5 Å². The van der Waals surface area contributed by atoms with Gasteiger partial charge in [-0.25, -0.2) is 8.42 Å². The van der Waals surface area contributed by atoms with Crippen LogP contribution in [0.1, 0.15) is 5.56 Å². The maximum absolute atomic E-state index is 12.8. The third kappa shape index (κ3) is 4.41. The van der Waals surface area contributed by atoms with E-state index >= 15 is 0 Å². The van der Waals surface area contributed by atoms with E-state index in [-0.39, 0.29) is 22.9 Å². The molecule has 1 heterocycles. The highest BCUT2D eigenvalue weighted by atomic mass is 32.2. The number of hydrogen-bond donors (Lipinski definition) is 0. The molecule has 0 aliphatic carbocycles. The van der Waals surface area contributed by atoms with Crippen molar-refractivity contribution < 1.29 is 27.6 Å². The fourth-order valence-electron chi connectivity index (χ4n) is 2.78. The quantitative estimate of drug-likeness (QED) is 0.510. The van der Waals surface area contributed by atoms with Gasteiger partial charge in [0.05, 0.1) is 36.2 Å². The zero-order chi connectivity index (χ0) is 20.1. The van der Waals surface area contributed by atoms with Crippen molar-refractivity contribution in [3.05, 3.63) is 58.1 Å². The lowest BCUT2D eigenvalue weighted by molar-refractivity contribution is -0.386. The Hall–Kier alpha value is -2.69. The molecule has 1 aliphatic heterocycles. The fraction of sp³-hybridized carbons (Fsp3) is 0.333. The number of benzene rings is 2. The Morgan fingerprint density at radius 1 is 1.18 bits per heavy atom. The number of methoxy groups -OCH3 is 1. The van der Waals surface area contributed by atoms with Crippen LogP contribution in [-0.2, 0) is 21.4 Å². The number of sulfonamides is 1. The second kappa shape index (κ2) is 8.55. The zero-order valence-corrected chi connectivity index (χ0v) is 16.1. The summed E-state index contributed by atoms with van der Waals surface area (Å²) in [5.74, 6) is 0.421. The largest absolute Gasteiger partial charge is 0.496 e. The highest BCUT2D eigenvalue weighted by Crippen LogP contribution is 2.31. The molecular weight excluding hydrogens is 388 g/mol. The Morgan fingerprint density at radius 3 is 2.61 bits per heavy atom. The fourth-order valence-corrected chi connectivity index (χ4v) is 4.26. The molecule has 9 nitrogen and oxygen atoms in total. The van der Waals surface area contributed by atoms with Crippen molar-refractivity contribution in [3.63, 3.8) is 0 Å². The first-order valence-electron chi connectivity index (χ1n) is 8.54. The van der Waals surface area contributed by atoms with Crippen LogP contribution in [0.2, 0.25) is 0 Å². The van der Waals surface area contributed by atoms with Gasteiger partial charge in [-0.2, -0.15) is 4.31 Å². The molecule has 0 bridgehead atoms. The maximum Gasteiger partial charge on any atom is 0.314 e. The smallest absolute Gasteiger partial charge is 0.314 e. The van der Waals surface area contributed by atoms with Gasteiger partial charge < -0.3 is 14.2 Å². The topological polar surface area (TPSA) is 108 Å². The number of hydrogen-bond acceptors (Lipinski definition) is 7. The summed E-state index contributed by atoms with van der Waals surface area (Å²) < 4.78 is 42.7. The molecule has 0 N–H and O–H groups in total. The Morgan fingerprint density at radius 2 is 1.93 bits per heavy atom. The predicted molar refractivity (Wildman–Crippen MR) is 100 cm³/mol. The van der Waals surface area contributed by atoms with Crippen LogP contribution < -0.4 is 9.47 Å². The molecule has 0 atom stereocenters. The first-order valence-corrected chi connectivity index (χ1v) is 9.98. The highest BCUT2D eigenvalue weighted by Gasteiger charge is 2.26. The Labute approximate surface area is 162 Å². The van der Waals surface area contributed by atoms with Crippen molar-refractivity contribution >= 4 is 15.7 Å². The molecule has 2 aromatic carbocycles. The molecule has 0 radical (unpaired) electrons. The van der Waals surface area contributed by atoms with Gasteiger partial charge in [0.2, 0.25) is 10.0 Å². The van der Waals surface area contributed by atoms with Crippen LogP contribution in [0, 0.1) is 10.1 Å². The van der Waals surface area contributed by atoms with Crippen molar-refractivity contribution in [2.45, 2.75) is 11.5 Å². The summed E-state index contributed by atoms with van der Waals surface area (Å²) in [5, 5.41) is 11.2. The van der Waals surface area contributed by atoms with Gasteiger partial charge in [0.1, 0.15) is 12.4 Å². The molecule has 28 heavy (non-hydrogen) atoms. The second-order valence-corrected chi connectivity index (χ2v) is 7.98. The number of ether oxygens (including phenoxy) is 3. The van der Waals surface area contributed by atoms with E-state index in [2.05, 4.69) is 0 Å². The van der Waals surface area contributed by atoms with Crippen molar-refractivity contribution in [3.8, 4) is 11.5 Å². The number of morpholine rings is 1. The van der Waals surface area contributed by atoms with Gasteiger partial charge in [-0.1, -0.05) is 12.1 Å². The molecule has 0 unspecified atom stereocenters. The van der Waals surface area contributed by atoms with Gasteiger partial charge in [-0.3, -0.25) is 10.1 Å². The van der Waals surface area contributed by atoms with Crippen molar-refractivity contribution in [1.82, 2.24) is 4.31 Å². The SMILES string of the molecule is COc1ccc(OCc2cccc(S(=O)(=O)N3CCOCC3)c2)c([N+](=O)[O-])c1. The standard InChI is InChI=1S/C18H20N2O7S/c1-25-15-5-6-18(17(12-15)20(21)22)27-13-14-3-2-4-16(11-14)28(23,24)19-7-9-26-10-8-19/h2-6,11-12H,7-10,13H2,1H3. The minimum Gasteiger partial charge on any atom is -0.496 e. The Kier molecular flexibility index (Phi) is 6.12. The molecule has 3 rings (SSSR count). The number of rotatable bonds is 7. The molecular formula is C18H20N2O7S. The van der Waals surface area contributed by atoms with Crippen LogP contribution in [0.25, 0.3) is 0 Å². The monoisotopic (exact) mass is 408 g/mol.